The first-order valence-corrected chi connectivity index (χ1v) is 5.56. The molecule has 1 aliphatic carbocycles. The van der Waals surface area contributed by atoms with Gasteiger partial charge in [-0.15, -0.1) is 0 Å². The van der Waals surface area contributed by atoms with E-state index >= 15 is 0 Å². The third-order valence-corrected chi connectivity index (χ3v) is 3.82. The van der Waals surface area contributed by atoms with Crippen molar-refractivity contribution in [3.8, 4) is 0 Å². The Labute approximate surface area is 98.3 Å². The Morgan fingerprint density at radius 2 is 1.94 bits per heavy atom. The molecule has 0 unspecified atom stereocenters. The Morgan fingerprint density at radius 3 is 2.41 bits per heavy atom. The Hall–Kier alpha value is -1.03. The molecule has 94 valence electrons. The molecule has 17 heavy (non-hydrogen) atoms. The lowest BCUT2D eigenvalue weighted by Crippen LogP contribution is -2.05. The summed E-state index contributed by atoms with van der Waals surface area (Å²) in [5.41, 5.74) is -0.0582. The van der Waals surface area contributed by atoms with Crippen LogP contribution in [0.5, 0.6) is 0 Å². The molecule has 1 aromatic carbocycles. The fourth-order valence-corrected chi connectivity index (χ4v) is 2.66. The second-order valence-corrected chi connectivity index (χ2v) is 5.21. The molecule has 0 saturated heterocycles. The Kier molecular flexibility index (Phi) is 2.73. The minimum absolute atomic E-state index is 0.0217. The number of aliphatic hydroxyl groups excluding tert-OH is 1. The molecule has 0 aromatic heterocycles. The number of hydrogen-bond donors (Lipinski definition) is 1. The molecule has 4 heteroatoms. The lowest BCUT2D eigenvalue weighted by Gasteiger charge is -2.09. The zero-order valence-electron chi connectivity index (χ0n) is 9.75. The van der Waals surface area contributed by atoms with Crippen molar-refractivity contribution in [1.82, 2.24) is 0 Å². The molecule has 0 heterocycles. The average molecular weight is 244 g/mol. The van der Waals surface area contributed by atoms with Crippen LogP contribution in [0, 0.1) is 11.3 Å². The van der Waals surface area contributed by atoms with E-state index in [0.29, 0.717) is 5.56 Å². The van der Waals surface area contributed by atoms with Crippen molar-refractivity contribution in [3.63, 3.8) is 0 Å². The lowest BCUT2D eigenvalue weighted by atomic mass is 10.0. The highest BCUT2D eigenvalue weighted by Crippen LogP contribution is 2.64. The summed E-state index contributed by atoms with van der Waals surface area (Å²) >= 11 is 0. The number of aliphatic hydroxyl groups is 1. The van der Waals surface area contributed by atoms with Crippen molar-refractivity contribution >= 4 is 0 Å². The fourth-order valence-electron chi connectivity index (χ4n) is 2.66. The van der Waals surface area contributed by atoms with Crippen molar-refractivity contribution < 1.29 is 18.3 Å². The van der Waals surface area contributed by atoms with Gasteiger partial charge >= 0.3 is 6.18 Å². The van der Waals surface area contributed by atoms with Crippen molar-refractivity contribution in [1.29, 1.82) is 0 Å². The van der Waals surface area contributed by atoms with Gasteiger partial charge in [-0.2, -0.15) is 13.2 Å². The number of rotatable bonds is 2. The zero-order valence-corrected chi connectivity index (χ0v) is 9.75. The van der Waals surface area contributed by atoms with Gasteiger partial charge in [-0.3, -0.25) is 0 Å². The Bertz CT molecular complexity index is 423. The topological polar surface area (TPSA) is 20.2 Å². The van der Waals surface area contributed by atoms with Gasteiger partial charge in [-0.25, -0.2) is 0 Å². The first-order chi connectivity index (χ1) is 7.78. The summed E-state index contributed by atoms with van der Waals surface area (Å²) in [7, 11) is 0. The molecule has 0 amide bonds. The number of benzene rings is 1. The van der Waals surface area contributed by atoms with Crippen LogP contribution in [-0.2, 0) is 6.18 Å². The lowest BCUT2D eigenvalue weighted by molar-refractivity contribution is -0.137. The molecule has 2 atom stereocenters. The molecule has 1 N–H and O–H groups in total. The molecule has 0 spiro atoms. The normalized spacial score (nSPS) is 26.9. The van der Waals surface area contributed by atoms with Crippen molar-refractivity contribution in [2.75, 3.05) is 6.61 Å². The van der Waals surface area contributed by atoms with E-state index in [1.807, 2.05) is 13.8 Å². The maximum Gasteiger partial charge on any atom is 0.416 e. The van der Waals surface area contributed by atoms with Crippen molar-refractivity contribution in [3.05, 3.63) is 35.4 Å². The average Bonchev–Trinajstić information content (AvgIpc) is 2.79. The van der Waals surface area contributed by atoms with Crippen LogP contribution in [0.3, 0.4) is 0 Å². The van der Waals surface area contributed by atoms with Gasteiger partial charge in [0.15, 0.2) is 0 Å². The standard InChI is InChI=1S/C13H15F3O/c1-12(2)10(7-17)11(12)8-4-3-5-9(6-8)13(14,15)16/h3-6,10-11,17H,7H2,1-2H3/t10-,11-/m0/s1. The fraction of sp³-hybridized carbons (Fsp3) is 0.538. The largest absolute Gasteiger partial charge is 0.416 e. The molecule has 1 nitrogen and oxygen atoms in total. The van der Waals surface area contributed by atoms with Crippen LogP contribution in [0.15, 0.2) is 24.3 Å². The van der Waals surface area contributed by atoms with Crippen molar-refractivity contribution in [2.24, 2.45) is 11.3 Å². The van der Waals surface area contributed by atoms with Gasteiger partial charge in [-0.1, -0.05) is 32.0 Å². The van der Waals surface area contributed by atoms with E-state index in [9.17, 15) is 18.3 Å². The summed E-state index contributed by atoms with van der Waals surface area (Å²) in [6, 6.07) is 5.41. The molecule has 0 radical (unpaired) electrons. The highest BCUT2D eigenvalue weighted by Gasteiger charge is 2.57. The molecule has 1 aromatic rings. The summed E-state index contributed by atoms with van der Waals surface area (Å²) in [6.45, 7) is 3.96. The van der Waals surface area contributed by atoms with E-state index in [1.54, 1.807) is 6.07 Å². The molecule has 0 bridgehead atoms. The SMILES string of the molecule is CC1(C)[C@@H](CO)[C@@H]1c1cccc(C(F)(F)F)c1. The van der Waals surface area contributed by atoms with Crippen LogP contribution in [0.2, 0.25) is 0 Å². The van der Waals surface area contributed by atoms with Crippen LogP contribution in [-0.4, -0.2) is 11.7 Å². The minimum atomic E-state index is -4.30. The predicted octanol–water partition coefficient (Wildman–Crippen LogP) is 3.44. The second kappa shape index (κ2) is 3.73. The maximum absolute atomic E-state index is 12.6. The van der Waals surface area contributed by atoms with E-state index in [2.05, 4.69) is 0 Å². The molecule has 1 aliphatic rings. The van der Waals surface area contributed by atoms with E-state index in [4.69, 9.17) is 0 Å². The van der Waals surface area contributed by atoms with Crippen molar-refractivity contribution in [2.45, 2.75) is 25.9 Å². The van der Waals surface area contributed by atoms with E-state index in [0.717, 1.165) is 6.07 Å². The smallest absolute Gasteiger partial charge is 0.396 e. The quantitative estimate of drug-likeness (QED) is 0.845. The van der Waals surface area contributed by atoms with E-state index in [1.165, 1.54) is 12.1 Å². The number of halogens is 3. The second-order valence-electron chi connectivity index (χ2n) is 5.21. The monoisotopic (exact) mass is 244 g/mol. The zero-order chi connectivity index (χ0) is 12.8. The number of alkyl halides is 3. The summed E-state index contributed by atoms with van der Waals surface area (Å²) in [5.74, 6) is 0.0841. The van der Waals surface area contributed by atoms with Gasteiger partial charge in [0.25, 0.3) is 0 Å². The molecular weight excluding hydrogens is 229 g/mol. The summed E-state index contributed by atoms with van der Waals surface area (Å²) in [6.07, 6.45) is -4.30. The van der Waals surface area contributed by atoms with Gasteiger partial charge in [0, 0.05) is 6.61 Å². The third-order valence-electron chi connectivity index (χ3n) is 3.82. The molecule has 0 aliphatic heterocycles. The highest BCUT2D eigenvalue weighted by atomic mass is 19.4. The van der Waals surface area contributed by atoms with Crippen LogP contribution in [0.25, 0.3) is 0 Å². The molecule has 2 rings (SSSR count). The first-order valence-electron chi connectivity index (χ1n) is 5.56. The van der Waals surface area contributed by atoms with Gasteiger partial charge < -0.3 is 5.11 Å². The minimum Gasteiger partial charge on any atom is -0.396 e. The van der Waals surface area contributed by atoms with E-state index in [-0.39, 0.29) is 23.9 Å². The predicted molar refractivity (Wildman–Crippen MR) is 58.5 cm³/mol. The number of hydrogen-bond acceptors (Lipinski definition) is 1. The van der Waals surface area contributed by atoms with Crippen LogP contribution in [0.4, 0.5) is 13.2 Å². The Balaban J connectivity index is 2.30. The van der Waals surface area contributed by atoms with Crippen LogP contribution < -0.4 is 0 Å². The molecular formula is C13H15F3O. The maximum atomic E-state index is 12.6. The van der Waals surface area contributed by atoms with Gasteiger partial charge in [0.2, 0.25) is 0 Å². The summed E-state index contributed by atoms with van der Waals surface area (Å²) < 4.78 is 37.7. The Morgan fingerprint density at radius 1 is 1.29 bits per heavy atom. The first kappa shape index (κ1) is 12.4. The summed E-state index contributed by atoms with van der Waals surface area (Å²) in [5, 5.41) is 9.18. The van der Waals surface area contributed by atoms with Gasteiger partial charge in [0.1, 0.15) is 0 Å². The third kappa shape index (κ3) is 2.06. The highest BCUT2D eigenvalue weighted by molar-refractivity contribution is 5.35. The summed E-state index contributed by atoms with van der Waals surface area (Å²) in [4.78, 5) is 0. The van der Waals surface area contributed by atoms with E-state index < -0.39 is 11.7 Å². The molecule has 1 saturated carbocycles. The van der Waals surface area contributed by atoms with Gasteiger partial charge in [0.05, 0.1) is 5.56 Å². The van der Waals surface area contributed by atoms with Gasteiger partial charge in [-0.05, 0) is 28.9 Å². The molecule has 1 fully saturated rings. The van der Waals surface area contributed by atoms with Crippen LogP contribution >= 0.6 is 0 Å². The van der Waals surface area contributed by atoms with Crippen LogP contribution in [0.1, 0.15) is 30.9 Å².